The van der Waals surface area contributed by atoms with Gasteiger partial charge < -0.3 is 15.2 Å². The van der Waals surface area contributed by atoms with Gasteiger partial charge in [-0.25, -0.2) is 8.78 Å². The first kappa shape index (κ1) is 17.1. The lowest BCUT2D eigenvalue weighted by molar-refractivity contribution is 0.105. The van der Waals surface area contributed by atoms with Gasteiger partial charge in [0, 0.05) is 31.7 Å². The first-order chi connectivity index (χ1) is 9.19. The summed E-state index contributed by atoms with van der Waals surface area (Å²) in [5.41, 5.74) is -0.122. The van der Waals surface area contributed by atoms with Crippen molar-refractivity contribution in [2.45, 2.75) is 6.04 Å². The molecule has 20 heavy (non-hydrogen) atoms. The molecular formula is C13H19ClF2N2O2. The molecule has 1 aromatic carbocycles. The third-order valence-corrected chi connectivity index (χ3v) is 3.41. The maximum atomic E-state index is 14.2. The van der Waals surface area contributed by atoms with Gasteiger partial charge in [0.2, 0.25) is 0 Å². The highest BCUT2D eigenvalue weighted by atomic mass is 35.5. The number of hydrogen-bond donors (Lipinski definition) is 2. The van der Waals surface area contributed by atoms with Crippen molar-refractivity contribution >= 4 is 12.4 Å². The molecule has 0 amide bonds. The number of benzene rings is 1. The standard InChI is InChI=1S/C13H18F2N2O2.ClH/c1-19-11-3-2-9(14)12(13(11)15)10(8-18)17-6-4-16-5-7-17;/h2-3,10,16,18H,4-8H2,1H3;1H/t10-;/m0./s1. The van der Waals surface area contributed by atoms with E-state index in [2.05, 4.69) is 5.32 Å². The third-order valence-electron chi connectivity index (χ3n) is 3.41. The second-order valence-corrected chi connectivity index (χ2v) is 4.46. The van der Waals surface area contributed by atoms with Crippen LogP contribution in [-0.2, 0) is 0 Å². The Hall–Kier alpha value is -0.950. The highest BCUT2D eigenvalue weighted by Gasteiger charge is 2.28. The molecule has 0 saturated carbocycles. The number of piperazine rings is 1. The number of nitrogens with zero attached hydrogens (tertiary/aromatic N) is 1. The number of halogens is 3. The number of methoxy groups -OCH3 is 1. The Kier molecular flexibility index (Phi) is 6.61. The molecule has 2 N–H and O–H groups in total. The summed E-state index contributed by atoms with van der Waals surface area (Å²) in [4.78, 5) is 1.87. The molecule has 114 valence electrons. The molecule has 7 heteroatoms. The maximum Gasteiger partial charge on any atom is 0.172 e. The number of aliphatic hydroxyl groups is 1. The lowest BCUT2D eigenvalue weighted by atomic mass is 10.0. The summed E-state index contributed by atoms with van der Waals surface area (Å²) < 4.78 is 33.0. The van der Waals surface area contributed by atoms with E-state index in [0.717, 1.165) is 13.1 Å². The minimum Gasteiger partial charge on any atom is -0.494 e. The van der Waals surface area contributed by atoms with Crippen LogP contribution in [0.15, 0.2) is 12.1 Å². The van der Waals surface area contributed by atoms with Crippen molar-refractivity contribution in [3.05, 3.63) is 29.3 Å². The Morgan fingerprint density at radius 2 is 2.00 bits per heavy atom. The Morgan fingerprint density at radius 1 is 1.35 bits per heavy atom. The second kappa shape index (κ2) is 7.73. The SMILES string of the molecule is COc1ccc(F)c([C@H](CO)N2CCNCC2)c1F.Cl. The van der Waals surface area contributed by atoms with E-state index < -0.39 is 17.7 Å². The van der Waals surface area contributed by atoms with Crippen LogP contribution < -0.4 is 10.1 Å². The largest absolute Gasteiger partial charge is 0.494 e. The number of aliphatic hydroxyl groups excluding tert-OH is 1. The summed E-state index contributed by atoms with van der Waals surface area (Å²) in [5.74, 6) is -1.40. The molecule has 1 fully saturated rings. The number of hydrogen-bond acceptors (Lipinski definition) is 4. The van der Waals surface area contributed by atoms with Gasteiger partial charge in [0.1, 0.15) is 5.82 Å². The van der Waals surface area contributed by atoms with Crippen LogP contribution in [0.1, 0.15) is 11.6 Å². The zero-order valence-corrected chi connectivity index (χ0v) is 12.1. The van der Waals surface area contributed by atoms with Crippen LogP contribution in [0.5, 0.6) is 5.75 Å². The Bertz CT molecular complexity index is 443. The molecule has 0 spiro atoms. The van der Waals surface area contributed by atoms with Crippen LogP contribution in [0.3, 0.4) is 0 Å². The molecule has 1 saturated heterocycles. The summed E-state index contributed by atoms with van der Waals surface area (Å²) in [6.45, 7) is 2.43. The highest BCUT2D eigenvalue weighted by Crippen LogP contribution is 2.31. The average Bonchev–Trinajstić information content (AvgIpc) is 2.44. The van der Waals surface area contributed by atoms with E-state index in [1.807, 2.05) is 4.90 Å². The molecule has 4 nitrogen and oxygen atoms in total. The van der Waals surface area contributed by atoms with Gasteiger partial charge in [0.25, 0.3) is 0 Å². The highest BCUT2D eigenvalue weighted by molar-refractivity contribution is 5.85. The normalized spacial score (nSPS) is 17.4. The molecular weight excluding hydrogens is 290 g/mol. The molecule has 1 heterocycles. The summed E-state index contributed by atoms with van der Waals surface area (Å²) >= 11 is 0. The van der Waals surface area contributed by atoms with Gasteiger partial charge in [0.05, 0.1) is 19.8 Å². The van der Waals surface area contributed by atoms with E-state index in [1.54, 1.807) is 0 Å². The molecule has 1 atom stereocenters. The van der Waals surface area contributed by atoms with Crippen LogP contribution in [0.4, 0.5) is 8.78 Å². The number of ether oxygens (including phenoxy) is 1. The predicted octanol–water partition coefficient (Wildman–Crippen LogP) is 1.33. The molecule has 1 aliphatic heterocycles. The smallest absolute Gasteiger partial charge is 0.172 e. The van der Waals surface area contributed by atoms with Crippen molar-refractivity contribution < 1.29 is 18.6 Å². The number of nitrogens with one attached hydrogen (secondary N) is 1. The molecule has 1 aliphatic rings. The topological polar surface area (TPSA) is 44.7 Å². The molecule has 0 bridgehead atoms. The van der Waals surface area contributed by atoms with E-state index in [4.69, 9.17) is 4.74 Å². The van der Waals surface area contributed by atoms with E-state index in [0.29, 0.717) is 13.1 Å². The zero-order chi connectivity index (χ0) is 13.8. The molecule has 0 aliphatic carbocycles. The monoisotopic (exact) mass is 308 g/mol. The summed E-state index contributed by atoms with van der Waals surface area (Å²) in [6.07, 6.45) is 0. The lowest BCUT2D eigenvalue weighted by Gasteiger charge is -2.34. The first-order valence-electron chi connectivity index (χ1n) is 6.26. The molecule has 0 unspecified atom stereocenters. The van der Waals surface area contributed by atoms with Crippen molar-refractivity contribution in [2.24, 2.45) is 0 Å². The summed E-state index contributed by atoms with van der Waals surface area (Å²) in [6, 6.07) is 1.74. The van der Waals surface area contributed by atoms with Crippen molar-refractivity contribution in [1.29, 1.82) is 0 Å². The van der Waals surface area contributed by atoms with Crippen molar-refractivity contribution in [3.8, 4) is 5.75 Å². The van der Waals surface area contributed by atoms with Gasteiger partial charge in [-0.15, -0.1) is 12.4 Å². The van der Waals surface area contributed by atoms with Crippen molar-refractivity contribution in [1.82, 2.24) is 10.2 Å². The third kappa shape index (κ3) is 3.38. The molecule has 0 aromatic heterocycles. The molecule has 2 rings (SSSR count). The van der Waals surface area contributed by atoms with Crippen LogP contribution in [0, 0.1) is 11.6 Å². The minimum atomic E-state index is -0.736. The quantitative estimate of drug-likeness (QED) is 0.881. The van der Waals surface area contributed by atoms with Gasteiger partial charge >= 0.3 is 0 Å². The van der Waals surface area contributed by atoms with E-state index >= 15 is 0 Å². The lowest BCUT2D eigenvalue weighted by Crippen LogP contribution is -2.46. The Balaban J connectivity index is 0.00000200. The van der Waals surface area contributed by atoms with Gasteiger partial charge in [-0.2, -0.15) is 0 Å². The van der Waals surface area contributed by atoms with Crippen molar-refractivity contribution in [3.63, 3.8) is 0 Å². The fourth-order valence-electron chi connectivity index (χ4n) is 2.40. The molecule has 1 aromatic rings. The predicted molar refractivity (Wildman–Crippen MR) is 74.4 cm³/mol. The maximum absolute atomic E-state index is 14.2. The minimum absolute atomic E-state index is 0. The fraction of sp³-hybridized carbons (Fsp3) is 0.538. The number of rotatable bonds is 4. The summed E-state index contributed by atoms with van der Waals surface area (Å²) in [7, 11) is 1.33. The van der Waals surface area contributed by atoms with Crippen LogP contribution in [0.25, 0.3) is 0 Å². The van der Waals surface area contributed by atoms with E-state index in [1.165, 1.54) is 19.2 Å². The van der Waals surface area contributed by atoms with Crippen molar-refractivity contribution in [2.75, 3.05) is 39.9 Å². The molecule has 0 radical (unpaired) electrons. The van der Waals surface area contributed by atoms with Gasteiger partial charge in [-0.3, -0.25) is 4.90 Å². The van der Waals surface area contributed by atoms with Crippen LogP contribution in [0.2, 0.25) is 0 Å². The fourth-order valence-corrected chi connectivity index (χ4v) is 2.40. The second-order valence-electron chi connectivity index (χ2n) is 4.46. The van der Waals surface area contributed by atoms with Gasteiger partial charge in [-0.1, -0.05) is 0 Å². The van der Waals surface area contributed by atoms with Crippen LogP contribution in [-0.4, -0.2) is 49.9 Å². The Labute approximate surface area is 123 Å². The van der Waals surface area contributed by atoms with Gasteiger partial charge in [-0.05, 0) is 12.1 Å². The Morgan fingerprint density at radius 3 is 2.55 bits per heavy atom. The zero-order valence-electron chi connectivity index (χ0n) is 11.2. The van der Waals surface area contributed by atoms with E-state index in [9.17, 15) is 13.9 Å². The first-order valence-corrected chi connectivity index (χ1v) is 6.26. The van der Waals surface area contributed by atoms with Gasteiger partial charge in [0.15, 0.2) is 11.6 Å². The summed E-state index contributed by atoms with van der Waals surface area (Å²) in [5, 5.41) is 12.7. The average molecular weight is 309 g/mol. The van der Waals surface area contributed by atoms with E-state index in [-0.39, 0.29) is 30.3 Å². The van der Waals surface area contributed by atoms with Crippen LogP contribution >= 0.6 is 12.4 Å².